The molecule has 1 aliphatic heterocycles. The average molecular weight is 255 g/mol. The van der Waals surface area contributed by atoms with E-state index in [-0.39, 0.29) is 10.9 Å². The normalized spacial score (nSPS) is 18.1. The first-order valence-corrected chi connectivity index (χ1v) is 7.15. The molecule has 0 saturated carbocycles. The number of nitrogens with two attached hydrogens (primary N) is 1. The third kappa shape index (κ3) is 3.18. The SMILES string of the molecule is Nc1ccc(S(=O)(=O)NC2CCNCC2)cc1. The Hall–Kier alpha value is -1.11. The molecule has 0 aliphatic carbocycles. The number of hydrogen-bond donors (Lipinski definition) is 3. The van der Waals surface area contributed by atoms with E-state index in [9.17, 15) is 8.42 Å². The topological polar surface area (TPSA) is 84.2 Å². The van der Waals surface area contributed by atoms with E-state index < -0.39 is 10.0 Å². The molecule has 6 heteroatoms. The predicted molar refractivity (Wildman–Crippen MR) is 67.1 cm³/mol. The fraction of sp³-hybridized carbons (Fsp3) is 0.455. The first kappa shape index (κ1) is 12.3. The molecule has 0 spiro atoms. The van der Waals surface area contributed by atoms with Crippen LogP contribution in [0.3, 0.4) is 0 Å². The van der Waals surface area contributed by atoms with Crippen LogP contribution in [0.1, 0.15) is 12.8 Å². The third-order valence-electron chi connectivity index (χ3n) is 2.85. The van der Waals surface area contributed by atoms with Crippen LogP contribution < -0.4 is 15.8 Å². The standard InChI is InChI=1S/C11H17N3O2S/c12-9-1-3-11(4-2-9)17(15,16)14-10-5-7-13-8-6-10/h1-4,10,13-14H,5-8,12H2. The summed E-state index contributed by atoms with van der Waals surface area (Å²) in [5, 5.41) is 3.20. The van der Waals surface area contributed by atoms with Gasteiger partial charge in [-0.1, -0.05) is 0 Å². The van der Waals surface area contributed by atoms with Gasteiger partial charge in [-0.05, 0) is 50.2 Å². The molecular formula is C11H17N3O2S. The van der Waals surface area contributed by atoms with E-state index in [4.69, 9.17) is 5.73 Å². The Bertz CT molecular complexity index is 464. The minimum absolute atomic E-state index is 0.0267. The fourth-order valence-corrected chi connectivity index (χ4v) is 3.18. The molecule has 2 rings (SSSR count). The van der Waals surface area contributed by atoms with Crippen molar-refractivity contribution in [2.45, 2.75) is 23.8 Å². The van der Waals surface area contributed by atoms with Crippen LogP contribution in [0.5, 0.6) is 0 Å². The molecule has 0 unspecified atom stereocenters. The summed E-state index contributed by atoms with van der Waals surface area (Å²) in [5.41, 5.74) is 6.09. The Morgan fingerprint density at radius 2 is 1.76 bits per heavy atom. The molecule has 1 fully saturated rings. The van der Waals surface area contributed by atoms with Crippen molar-refractivity contribution >= 4 is 15.7 Å². The molecule has 17 heavy (non-hydrogen) atoms. The van der Waals surface area contributed by atoms with Crippen molar-refractivity contribution in [1.29, 1.82) is 0 Å². The largest absolute Gasteiger partial charge is 0.399 e. The van der Waals surface area contributed by atoms with E-state index in [0.29, 0.717) is 5.69 Å². The minimum Gasteiger partial charge on any atom is -0.399 e. The van der Waals surface area contributed by atoms with Gasteiger partial charge in [-0.3, -0.25) is 0 Å². The van der Waals surface area contributed by atoms with Gasteiger partial charge in [-0.25, -0.2) is 13.1 Å². The smallest absolute Gasteiger partial charge is 0.240 e. The zero-order chi connectivity index (χ0) is 12.3. The summed E-state index contributed by atoms with van der Waals surface area (Å²) in [6.07, 6.45) is 1.66. The monoisotopic (exact) mass is 255 g/mol. The highest BCUT2D eigenvalue weighted by atomic mass is 32.2. The molecule has 0 amide bonds. The van der Waals surface area contributed by atoms with Crippen molar-refractivity contribution < 1.29 is 8.42 Å². The lowest BCUT2D eigenvalue weighted by atomic mass is 10.1. The second kappa shape index (κ2) is 5.03. The van der Waals surface area contributed by atoms with Gasteiger partial charge in [0.1, 0.15) is 0 Å². The Balaban J connectivity index is 2.10. The fourth-order valence-electron chi connectivity index (χ4n) is 1.87. The lowest BCUT2D eigenvalue weighted by molar-refractivity contribution is 0.427. The molecule has 0 atom stereocenters. The summed E-state index contributed by atoms with van der Waals surface area (Å²) in [6.45, 7) is 1.71. The van der Waals surface area contributed by atoms with Crippen LogP contribution in [0.2, 0.25) is 0 Å². The Morgan fingerprint density at radius 1 is 1.18 bits per heavy atom. The summed E-state index contributed by atoms with van der Waals surface area (Å²) in [7, 11) is -3.41. The molecule has 1 aromatic carbocycles. The van der Waals surface area contributed by atoms with Gasteiger partial charge in [0, 0.05) is 11.7 Å². The summed E-state index contributed by atoms with van der Waals surface area (Å²) >= 11 is 0. The van der Waals surface area contributed by atoms with Crippen molar-refractivity contribution in [3.63, 3.8) is 0 Å². The molecule has 1 aliphatic rings. The molecule has 1 aromatic rings. The van der Waals surface area contributed by atoms with Crippen molar-refractivity contribution in [2.75, 3.05) is 18.8 Å². The summed E-state index contributed by atoms with van der Waals surface area (Å²) in [6, 6.07) is 6.27. The molecule has 94 valence electrons. The van der Waals surface area contributed by atoms with Crippen LogP contribution in [0.4, 0.5) is 5.69 Å². The second-order valence-electron chi connectivity index (χ2n) is 4.21. The second-order valence-corrected chi connectivity index (χ2v) is 5.93. The number of piperidine rings is 1. The van der Waals surface area contributed by atoms with Crippen LogP contribution in [-0.4, -0.2) is 27.5 Å². The molecule has 0 radical (unpaired) electrons. The maximum atomic E-state index is 12.0. The maximum absolute atomic E-state index is 12.0. The number of nitrogens with one attached hydrogen (secondary N) is 2. The van der Waals surface area contributed by atoms with Gasteiger partial charge < -0.3 is 11.1 Å². The summed E-state index contributed by atoms with van der Waals surface area (Å²) in [4.78, 5) is 0.269. The van der Waals surface area contributed by atoms with Crippen LogP contribution in [0.15, 0.2) is 29.2 Å². The Labute approximate surface area is 101 Å². The molecule has 0 aromatic heterocycles. The zero-order valence-corrected chi connectivity index (χ0v) is 10.3. The van der Waals surface area contributed by atoms with E-state index in [1.54, 1.807) is 12.1 Å². The van der Waals surface area contributed by atoms with Gasteiger partial charge in [0.25, 0.3) is 0 Å². The van der Waals surface area contributed by atoms with E-state index in [0.717, 1.165) is 25.9 Å². The number of rotatable bonds is 3. The molecular weight excluding hydrogens is 238 g/mol. The van der Waals surface area contributed by atoms with Gasteiger partial charge in [-0.15, -0.1) is 0 Å². The van der Waals surface area contributed by atoms with Crippen LogP contribution in [0, 0.1) is 0 Å². The quantitative estimate of drug-likeness (QED) is 0.678. The number of benzene rings is 1. The van der Waals surface area contributed by atoms with Gasteiger partial charge in [-0.2, -0.15) is 0 Å². The van der Waals surface area contributed by atoms with Gasteiger partial charge >= 0.3 is 0 Å². The first-order valence-electron chi connectivity index (χ1n) is 5.66. The highest BCUT2D eigenvalue weighted by Gasteiger charge is 2.21. The van der Waals surface area contributed by atoms with Crippen LogP contribution >= 0.6 is 0 Å². The number of hydrogen-bond acceptors (Lipinski definition) is 4. The maximum Gasteiger partial charge on any atom is 0.240 e. The lowest BCUT2D eigenvalue weighted by Gasteiger charge is -2.23. The van der Waals surface area contributed by atoms with E-state index >= 15 is 0 Å². The van der Waals surface area contributed by atoms with Crippen molar-refractivity contribution in [1.82, 2.24) is 10.0 Å². The molecule has 1 saturated heterocycles. The third-order valence-corrected chi connectivity index (χ3v) is 4.39. The zero-order valence-electron chi connectivity index (χ0n) is 9.52. The van der Waals surface area contributed by atoms with E-state index in [2.05, 4.69) is 10.0 Å². The highest BCUT2D eigenvalue weighted by molar-refractivity contribution is 7.89. The molecule has 5 nitrogen and oxygen atoms in total. The number of nitrogen functional groups attached to an aromatic ring is 1. The van der Waals surface area contributed by atoms with Gasteiger partial charge in [0.05, 0.1) is 4.90 Å². The summed E-state index contributed by atoms with van der Waals surface area (Å²) in [5.74, 6) is 0. The van der Waals surface area contributed by atoms with Gasteiger partial charge in [0.2, 0.25) is 10.0 Å². The van der Waals surface area contributed by atoms with Crippen molar-refractivity contribution in [3.05, 3.63) is 24.3 Å². The average Bonchev–Trinajstić information content (AvgIpc) is 2.30. The minimum atomic E-state index is -3.41. The van der Waals surface area contributed by atoms with E-state index in [1.807, 2.05) is 0 Å². The lowest BCUT2D eigenvalue weighted by Crippen LogP contribution is -2.42. The summed E-state index contributed by atoms with van der Waals surface area (Å²) < 4.78 is 26.8. The van der Waals surface area contributed by atoms with Gasteiger partial charge in [0.15, 0.2) is 0 Å². The highest BCUT2D eigenvalue weighted by Crippen LogP contribution is 2.13. The molecule has 4 N–H and O–H groups in total. The van der Waals surface area contributed by atoms with Crippen molar-refractivity contribution in [2.24, 2.45) is 0 Å². The molecule has 0 bridgehead atoms. The number of anilines is 1. The van der Waals surface area contributed by atoms with Crippen LogP contribution in [0.25, 0.3) is 0 Å². The first-order chi connectivity index (χ1) is 8.08. The van der Waals surface area contributed by atoms with E-state index in [1.165, 1.54) is 12.1 Å². The van der Waals surface area contributed by atoms with Crippen molar-refractivity contribution in [3.8, 4) is 0 Å². The van der Waals surface area contributed by atoms with Crippen LogP contribution in [-0.2, 0) is 10.0 Å². The Kier molecular flexibility index (Phi) is 3.66. The Morgan fingerprint density at radius 3 is 2.35 bits per heavy atom. The number of sulfonamides is 1. The molecule has 1 heterocycles. The predicted octanol–water partition coefficient (Wildman–Crippen LogP) is 0.299.